The Hall–Kier alpha value is -2.30. The van der Waals surface area contributed by atoms with Gasteiger partial charge in [-0.2, -0.15) is 0 Å². The molecule has 0 bridgehead atoms. The van der Waals surface area contributed by atoms with Crippen molar-refractivity contribution in [1.29, 1.82) is 0 Å². The maximum absolute atomic E-state index is 12.0. The Morgan fingerprint density at radius 2 is 2.05 bits per heavy atom. The molecule has 2 rings (SSSR count). The molecule has 5 heteroatoms. The van der Waals surface area contributed by atoms with E-state index >= 15 is 0 Å². The number of H-pyrrole nitrogens is 1. The number of carbonyl (C=O) groups is 2. The Morgan fingerprint density at radius 1 is 1.26 bits per heavy atom. The molecular weight excluding hydrogens is 242 g/mol. The molecule has 0 unspecified atom stereocenters. The van der Waals surface area contributed by atoms with Gasteiger partial charge in [0.1, 0.15) is 0 Å². The average Bonchev–Trinajstić information content (AvgIpc) is 2.83. The van der Waals surface area contributed by atoms with Gasteiger partial charge >= 0.3 is 0 Å². The van der Waals surface area contributed by atoms with Gasteiger partial charge in [-0.25, -0.2) is 0 Å². The molecule has 0 aliphatic carbocycles. The topological polar surface area (TPSA) is 74.0 Å². The third-order valence-electron chi connectivity index (χ3n) is 2.70. The van der Waals surface area contributed by atoms with Crippen LogP contribution < -0.4 is 10.6 Å². The second-order valence-electron chi connectivity index (χ2n) is 4.65. The van der Waals surface area contributed by atoms with Crippen LogP contribution in [0.15, 0.2) is 30.5 Å². The van der Waals surface area contributed by atoms with Gasteiger partial charge in [-0.05, 0) is 32.0 Å². The molecule has 1 aromatic carbocycles. The molecule has 2 amide bonds. The van der Waals surface area contributed by atoms with Crippen LogP contribution in [-0.2, 0) is 4.79 Å². The SMILES string of the molecule is CC(C)NC(=O)CNC(=O)c1cccc2[nH]ccc12. The molecule has 2 aromatic rings. The summed E-state index contributed by atoms with van der Waals surface area (Å²) >= 11 is 0. The molecule has 5 nitrogen and oxygen atoms in total. The van der Waals surface area contributed by atoms with Gasteiger partial charge in [0.15, 0.2) is 0 Å². The maximum atomic E-state index is 12.0. The predicted molar refractivity (Wildman–Crippen MR) is 73.9 cm³/mol. The number of hydrogen-bond acceptors (Lipinski definition) is 2. The van der Waals surface area contributed by atoms with Crippen molar-refractivity contribution < 1.29 is 9.59 Å². The molecule has 100 valence electrons. The smallest absolute Gasteiger partial charge is 0.252 e. The van der Waals surface area contributed by atoms with Crippen molar-refractivity contribution in [3.63, 3.8) is 0 Å². The molecule has 0 radical (unpaired) electrons. The lowest BCUT2D eigenvalue weighted by atomic mass is 10.1. The van der Waals surface area contributed by atoms with Crippen LogP contribution in [0, 0.1) is 0 Å². The van der Waals surface area contributed by atoms with Crippen molar-refractivity contribution in [1.82, 2.24) is 15.6 Å². The van der Waals surface area contributed by atoms with Crippen molar-refractivity contribution in [3.8, 4) is 0 Å². The molecule has 0 saturated carbocycles. The molecule has 0 aliphatic heterocycles. The predicted octanol–water partition coefficient (Wildman–Crippen LogP) is 1.42. The zero-order valence-electron chi connectivity index (χ0n) is 11.0. The van der Waals surface area contributed by atoms with E-state index in [1.54, 1.807) is 12.3 Å². The summed E-state index contributed by atoms with van der Waals surface area (Å²) in [5.74, 6) is -0.436. The van der Waals surface area contributed by atoms with Crippen LogP contribution in [-0.4, -0.2) is 29.4 Å². The van der Waals surface area contributed by atoms with Crippen LogP contribution in [0.4, 0.5) is 0 Å². The molecule has 0 aliphatic rings. The van der Waals surface area contributed by atoms with Crippen LogP contribution in [0.25, 0.3) is 10.9 Å². The van der Waals surface area contributed by atoms with Gasteiger partial charge in [-0.15, -0.1) is 0 Å². The number of fused-ring (bicyclic) bond motifs is 1. The van der Waals surface area contributed by atoms with Gasteiger partial charge in [0.2, 0.25) is 5.91 Å². The first kappa shape index (κ1) is 13.1. The Labute approximate surface area is 111 Å². The molecule has 0 fully saturated rings. The third kappa shape index (κ3) is 3.13. The molecule has 3 N–H and O–H groups in total. The number of carbonyl (C=O) groups excluding carboxylic acids is 2. The first-order chi connectivity index (χ1) is 9.08. The summed E-state index contributed by atoms with van der Waals surface area (Å²) in [4.78, 5) is 26.6. The number of aromatic amines is 1. The number of nitrogens with one attached hydrogen (secondary N) is 3. The van der Waals surface area contributed by atoms with Crippen LogP contribution in [0.1, 0.15) is 24.2 Å². The van der Waals surface area contributed by atoms with Crippen LogP contribution in [0.2, 0.25) is 0 Å². The molecule has 0 saturated heterocycles. The fourth-order valence-corrected chi connectivity index (χ4v) is 1.91. The highest BCUT2D eigenvalue weighted by atomic mass is 16.2. The van der Waals surface area contributed by atoms with Crippen LogP contribution in [0.3, 0.4) is 0 Å². The minimum Gasteiger partial charge on any atom is -0.361 e. The quantitative estimate of drug-likeness (QED) is 0.777. The van der Waals surface area contributed by atoms with E-state index in [1.807, 2.05) is 32.0 Å². The van der Waals surface area contributed by atoms with E-state index in [9.17, 15) is 9.59 Å². The third-order valence-corrected chi connectivity index (χ3v) is 2.70. The maximum Gasteiger partial charge on any atom is 0.252 e. The molecule has 19 heavy (non-hydrogen) atoms. The monoisotopic (exact) mass is 259 g/mol. The fraction of sp³-hybridized carbons (Fsp3) is 0.286. The van der Waals surface area contributed by atoms with Crippen molar-refractivity contribution in [3.05, 3.63) is 36.0 Å². The van der Waals surface area contributed by atoms with E-state index in [0.29, 0.717) is 5.56 Å². The highest BCUT2D eigenvalue weighted by molar-refractivity contribution is 6.07. The molecular formula is C14H17N3O2. The highest BCUT2D eigenvalue weighted by Crippen LogP contribution is 2.16. The first-order valence-corrected chi connectivity index (χ1v) is 6.21. The molecule has 0 atom stereocenters. The lowest BCUT2D eigenvalue weighted by Crippen LogP contribution is -2.39. The summed E-state index contributed by atoms with van der Waals surface area (Å²) in [5.41, 5.74) is 1.47. The number of benzene rings is 1. The Balaban J connectivity index is 2.04. The highest BCUT2D eigenvalue weighted by Gasteiger charge is 2.11. The summed E-state index contributed by atoms with van der Waals surface area (Å²) in [6.45, 7) is 3.73. The van der Waals surface area contributed by atoms with Crippen LogP contribution >= 0.6 is 0 Å². The fourth-order valence-electron chi connectivity index (χ4n) is 1.91. The van der Waals surface area contributed by atoms with Gasteiger partial charge in [0.05, 0.1) is 6.54 Å². The Morgan fingerprint density at radius 3 is 2.79 bits per heavy atom. The van der Waals surface area contributed by atoms with Gasteiger partial charge in [0, 0.05) is 28.7 Å². The summed E-state index contributed by atoms with van der Waals surface area (Å²) in [7, 11) is 0. The summed E-state index contributed by atoms with van der Waals surface area (Å²) in [5, 5.41) is 6.19. The second kappa shape index (κ2) is 5.56. The van der Waals surface area contributed by atoms with Gasteiger partial charge < -0.3 is 15.6 Å². The summed E-state index contributed by atoms with van der Waals surface area (Å²) in [6.07, 6.45) is 1.78. The average molecular weight is 259 g/mol. The standard InChI is InChI=1S/C14H17N3O2/c1-9(2)17-13(18)8-16-14(19)11-4-3-5-12-10(11)6-7-15-12/h3-7,9,15H,8H2,1-2H3,(H,16,19)(H,17,18). The van der Waals surface area contributed by atoms with Crippen molar-refractivity contribution in [2.24, 2.45) is 0 Å². The van der Waals surface area contributed by atoms with E-state index in [2.05, 4.69) is 15.6 Å². The summed E-state index contributed by atoms with van der Waals surface area (Å²) < 4.78 is 0. The number of amides is 2. The minimum atomic E-state index is -0.246. The number of hydrogen-bond donors (Lipinski definition) is 3. The largest absolute Gasteiger partial charge is 0.361 e. The second-order valence-corrected chi connectivity index (χ2v) is 4.65. The van der Waals surface area contributed by atoms with Gasteiger partial charge in [0.25, 0.3) is 5.91 Å². The van der Waals surface area contributed by atoms with E-state index in [0.717, 1.165) is 10.9 Å². The lowest BCUT2D eigenvalue weighted by molar-refractivity contribution is -0.120. The Bertz CT molecular complexity index is 602. The number of aromatic nitrogens is 1. The zero-order chi connectivity index (χ0) is 13.8. The minimum absolute atomic E-state index is 0.0160. The van der Waals surface area contributed by atoms with Crippen molar-refractivity contribution in [2.75, 3.05) is 6.54 Å². The van der Waals surface area contributed by atoms with E-state index < -0.39 is 0 Å². The van der Waals surface area contributed by atoms with Gasteiger partial charge in [-0.3, -0.25) is 9.59 Å². The van der Waals surface area contributed by atoms with Crippen molar-refractivity contribution >= 4 is 22.7 Å². The van der Waals surface area contributed by atoms with E-state index in [1.165, 1.54) is 0 Å². The van der Waals surface area contributed by atoms with Crippen LogP contribution in [0.5, 0.6) is 0 Å². The van der Waals surface area contributed by atoms with Crippen molar-refractivity contribution in [2.45, 2.75) is 19.9 Å². The van der Waals surface area contributed by atoms with E-state index in [4.69, 9.17) is 0 Å². The van der Waals surface area contributed by atoms with E-state index in [-0.39, 0.29) is 24.4 Å². The molecule has 0 spiro atoms. The lowest BCUT2D eigenvalue weighted by Gasteiger charge is -2.09. The molecule has 1 heterocycles. The Kier molecular flexibility index (Phi) is 3.85. The first-order valence-electron chi connectivity index (χ1n) is 6.21. The normalized spacial score (nSPS) is 10.7. The number of rotatable bonds is 4. The van der Waals surface area contributed by atoms with Gasteiger partial charge in [-0.1, -0.05) is 6.07 Å². The summed E-state index contributed by atoms with van der Waals surface area (Å²) in [6, 6.07) is 7.36. The molecule has 1 aromatic heterocycles. The zero-order valence-corrected chi connectivity index (χ0v) is 11.0.